The Morgan fingerprint density at radius 3 is 2.55 bits per heavy atom. The lowest BCUT2D eigenvalue weighted by Crippen LogP contribution is -2.46. The fourth-order valence-electron chi connectivity index (χ4n) is 3.20. The van der Waals surface area contributed by atoms with E-state index in [1.54, 1.807) is 6.33 Å². The average Bonchev–Trinajstić information content (AvgIpc) is 2.84. The van der Waals surface area contributed by atoms with Gasteiger partial charge in [0, 0.05) is 25.0 Å². The molecule has 0 saturated heterocycles. The number of hydrogen-bond acceptors (Lipinski definition) is 3. The zero-order chi connectivity index (χ0) is 14.6. The van der Waals surface area contributed by atoms with Gasteiger partial charge in [-0.2, -0.15) is 5.10 Å². The van der Waals surface area contributed by atoms with Gasteiger partial charge in [-0.1, -0.05) is 19.3 Å². The molecule has 0 atom stereocenters. The maximum Gasteiger partial charge on any atom is 0.138 e. The number of nitrogens with zero attached hydrogens (tertiary/aromatic N) is 3. The van der Waals surface area contributed by atoms with Crippen molar-refractivity contribution in [2.75, 3.05) is 6.54 Å². The van der Waals surface area contributed by atoms with Crippen LogP contribution in [0.2, 0.25) is 0 Å². The van der Waals surface area contributed by atoms with Crippen molar-refractivity contribution in [1.82, 2.24) is 20.1 Å². The van der Waals surface area contributed by atoms with Gasteiger partial charge in [0.2, 0.25) is 0 Å². The molecule has 4 heteroatoms. The summed E-state index contributed by atoms with van der Waals surface area (Å²) in [7, 11) is 0. The first-order chi connectivity index (χ1) is 9.44. The molecule has 114 valence electrons. The van der Waals surface area contributed by atoms with E-state index in [1.165, 1.54) is 32.1 Å². The van der Waals surface area contributed by atoms with E-state index in [2.05, 4.69) is 43.1 Å². The van der Waals surface area contributed by atoms with E-state index < -0.39 is 0 Å². The van der Waals surface area contributed by atoms with Crippen molar-refractivity contribution in [3.8, 4) is 0 Å². The average molecular weight is 278 g/mol. The van der Waals surface area contributed by atoms with Crippen molar-refractivity contribution < 1.29 is 0 Å². The van der Waals surface area contributed by atoms with Gasteiger partial charge in [0.25, 0.3) is 0 Å². The van der Waals surface area contributed by atoms with Gasteiger partial charge in [-0.3, -0.25) is 4.68 Å². The number of rotatable bonds is 5. The van der Waals surface area contributed by atoms with Crippen LogP contribution in [0.3, 0.4) is 0 Å². The van der Waals surface area contributed by atoms with E-state index in [1.807, 2.05) is 4.68 Å². The number of hydrogen-bond donors (Lipinski definition) is 1. The molecular formula is C16H30N4. The van der Waals surface area contributed by atoms with Gasteiger partial charge in [-0.05, 0) is 46.0 Å². The first kappa shape index (κ1) is 15.5. The molecule has 0 aromatic carbocycles. The Balaban J connectivity index is 2.10. The summed E-state index contributed by atoms with van der Waals surface area (Å²) in [5.41, 5.74) is 0.550. The molecule has 1 aromatic heterocycles. The first-order valence-corrected chi connectivity index (χ1v) is 8.06. The van der Waals surface area contributed by atoms with Crippen LogP contribution in [0.1, 0.15) is 65.6 Å². The maximum absolute atomic E-state index is 4.49. The highest BCUT2D eigenvalue weighted by Crippen LogP contribution is 2.38. The van der Waals surface area contributed by atoms with Crippen molar-refractivity contribution >= 4 is 0 Å². The first-order valence-electron chi connectivity index (χ1n) is 8.06. The predicted octanol–water partition coefficient (Wildman–Crippen LogP) is 3.18. The van der Waals surface area contributed by atoms with Gasteiger partial charge in [-0.15, -0.1) is 0 Å². The molecule has 0 radical (unpaired) electrons. The van der Waals surface area contributed by atoms with Gasteiger partial charge in [-0.25, -0.2) is 4.98 Å². The van der Waals surface area contributed by atoms with E-state index >= 15 is 0 Å². The van der Waals surface area contributed by atoms with Crippen LogP contribution in [0, 0.1) is 5.41 Å². The van der Waals surface area contributed by atoms with Crippen LogP contribution < -0.4 is 5.32 Å². The van der Waals surface area contributed by atoms with Gasteiger partial charge >= 0.3 is 0 Å². The summed E-state index contributed by atoms with van der Waals surface area (Å²) < 4.78 is 2.05. The summed E-state index contributed by atoms with van der Waals surface area (Å²) in [4.78, 5) is 4.49. The summed E-state index contributed by atoms with van der Waals surface area (Å²) in [6.07, 6.45) is 9.48. The molecule has 0 bridgehead atoms. The standard InChI is InChI=1S/C16H30N4/c1-5-20-14(17-13-19-20)11-16(9-7-6-8-10-16)12-18-15(2,3)4/h13,18H,5-12H2,1-4H3. The zero-order valence-corrected chi connectivity index (χ0v) is 13.6. The summed E-state index contributed by atoms with van der Waals surface area (Å²) >= 11 is 0. The van der Waals surface area contributed by atoms with Crippen molar-refractivity contribution in [3.05, 3.63) is 12.2 Å². The van der Waals surface area contributed by atoms with Crippen LogP contribution >= 0.6 is 0 Å². The third kappa shape index (κ3) is 4.05. The van der Waals surface area contributed by atoms with E-state index in [4.69, 9.17) is 0 Å². The van der Waals surface area contributed by atoms with Crippen LogP contribution in [0.5, 0.6) is 0 Å². The number of aromatic nitrogens is 3. The minimum Gasteiger partial charge on any atom is -0.312 e. The largest absolute Gasteiger partial charge is 0.312 e. The smallest absolute Gasteiger partial charge is 0.138 e. The molecule has 0 amide bonds. The second-order valence-corrected chi connectivity index (χ2v) is 7.33. The van der Waals surface area contributed by atoms with Gasteiger partial charge < -0.3 is 5.32 Å². The maximum atomic E-state index is 4.49. The molecular weight excluding hydrogens is 248 g/mol. The lowest BCUT2D eigenvalue weighted by Gasteiger charge is -2.39. The highest BCUT2D eigenvalue weighted by atomic mass is 15.3. The summed E-state index contributed by atoms with van der Waals surface area (Å²) in [6.45, 7) is 10.9. The third-order valence-corrected chi connectivity index (χ3v) is 4.44. The Hall–Kier alpha value is -0.900. The van der Waals surface area contributed by atoms with Crippen molar-refractivity contribution in [1.29, 1.82) is 0 Å². The lowest BCUT2D eigenvalue weighted by molar-refractivity contribution is 0.160. The summed E-state index contributed by atoms with van der Waals surface area (Å²) in [5.74, 6) is 1.16. The molecule has 0 spiro atoms. The summed E-state index contributed by atoms with van der Waals surface area (Å²) in [5, 5.41) is 8.05. The predicted molar refractivity (Wildman–Crippen MR) is 82.7 cm³/mol. The molecule has 1 heterocycles. The Labute approximate surface area is 123 Å². The minimum absolute atomic E-state index is 0.183. The van der Waals surface area contributed by atoms with E-state index in [9.17, 15) is 0 Å². The highest BCUT2D eigenvalue weighted by Gasteiger charge is 2.34. The third-order valence-electron chi connectivity index (χ3n) is 4.44. The minimum atomic E-state index is 0.183. The molecule has 0 aliphatic heterocycles. The highest BCUT2D eigenvalue weighted by molar-refractivity contribution is 4.97. The van der Waals surface area contributed by atoms with Crippen LogP contribution in [0.4, 0.5) is 0 Å². The SMILES string of the molecule is CCn1ncnc1CC1(CNC(C)(C)C)CCCCC1. The Morgan fingerprint density at radius 2 is 1.95 bits per heavy atom. The Morgan fingerprint density at radius 1 is 1.25 bits per heavy atom. The molecule has 2 rings (SSSR count). The second-order valence-electron chi connectivity index (χ2n) is 7.33. The molecule has 20 heavy (non-hydrogen) atoms. The van der Waals surface area contributed by atoms with Crippen molar-refractivity contribution in [2.45, 2.75) is 78.3 Å². The zero-order valence-electron chi connectivity index (χ0n) is 13.6. The van der Waals surface area contributed by atoms with Crippen molar-refractivity contribution in [3.63, 3.8) is 0 Å². The fraction of sp³-hybridized carbons (Fsp3) is 0.875. The molecule has 1 N–H and O–H groups in total. The Kier molecular flexibility index (Phi) is 4.84. The topological polar surface area (TPSA) is 42.7 Å². The Bertz CT molecular complexity index is 410. The van der Waals surface area contributed by atoms with Crippen LogP contribution in [0.15, 0.2) is 6.33 Å². The second kappa shape index (κ2) is 6.25. The number of aryl methyl sites for hydroxylation is 1. The quantitative estimate of drug-likeness (QED) is 0.899. The lowest BCUT2D eigenvalue weighted by atomic mass is 9.71. The monoisotopic (exact) mass is 278 g/mol. The summed E-state index contributed by atoms with van der Waals surface area (Å²) in [6, 6.07) is 0. The molecule has 4 nitrogen and oxygen atoms in total. The molecule has 1 aliphatic rings. The molecule has 1 fully saturated rings. The van der Waals surface area contributed by atoms with E-state index in [0.29, 0.717) is 5.41 Å². The molecule has 1 saturated carbocycles. The van der Waals surface area contributed by atoms with E-state index in [-0.39, 0.29) is 5.54 Å². The molecule has 1 aromatic rings. The molecule has 0 unspecified atom stereocenters. The van der Waals surface area contributed by atoms with Crippen LogP contribution in [-0.4, -0.2) is 26.8 Å². The van der Waals surface area contributed by atoms with Gasteiger partial charge in [0.05, 0.1) is 0 Å². The molecule has 1 aliphatic carbocycles. The van der Waals surface area contributed by atoms with Crippen LogP contribution in [0.25, 0.3) is 0 Å². The normalized spacial score (nSPS) is 19.2. The van der Waals surface area contributed by atoms with Crippen LogP contribution in [-0.2, 0) is 13.0 Å². The number of nitrogens with one attached hydrogen (secondary N) is 1. The fourth-order valence-corrected chi connectivity index (χ4v) is 3.20. The van der Waals surface area contributed by atoms with Gasteiger partial charge in [0.1, 0.15) is 12.2 Å². The van der Waals surface area contributed by atoms with Gasteiger partial charge in [0.15, 0.2) is 0 Å². The van der Waals surface area contributed by atoms with Crippen molar-refractivity contribution in [2.24, 2.45) is 5.41 Å². The van der Waals surface area contributed by atoms with E-state index in [0.717, 1.165) is 25.3 Å².